The summed E-state index contributed by atoms with van der Waals surface area (Å²) in [6.07, 6.45) is 4.46. The fourth-order valence-corrected chi connectivity index (χ4v) is 2.19. The topological polar surface area (TPSA) is 41.5 Å². The Morgan fingerprint density at radius 3 is 3.06 bits per heavy atom. The summed E-state index contributed by atoms with van der Waals surface area (Å²) >= 11 is 0. The average Bonchev–Trinajstić information content (AvgIpc) is 2.85. The van der Waals surface area contributed by atoms with Gasteiger partial charge in [-0.1, -0.05) is 13.3 Å². The van der Waals surface area contributed by atoms with Gasteiger partial charge in [0.2, 0.25) is 0 Å². The van der Waals surface area contributed by atoms with E-state index in [-0.39, 0.29) is 6.04 Å². The predicted molar refractivity (Wildman–Crippen MR) is 68.5 cm³/mol. The van der Waals surface area contributed by atoms with E-state index in [2.05, 4.69) is 12.2 Å². The summed E-state index contributed by atoms with van der Waals surface area (Å²) in [5.74, 6) is 1.23. The second kappa shape index (κ2) is 5.92. The van der Waals surface area contributed by atoms with Crippen molar-refractivity contribution in [3.8, 4) is 11.5 Å². The number of ether oxygens (including phenoxy) is 1. The molecule has 1 aromatic rings. The molecule has 17 heavy (non-hydrogen) atoms. The quantitative estimate of drug-likeness (QED) is 0.771. The molecule has 1 fully saturated rings. The van der Waals surface area contributed by atoms with Gasteiger partial charge in [-0.15, -0.1) is 0 Å². The Morgan fingerprint density at radius 2 is 2.35 bits per heavy atom. The summed E-state index contributed by atoms with van der Waals surface area (Å²) in [7, 11) is 0. The molecule has 1 aliphatic rings. The molecule has 0 saturated carbocycles. The van der Waals surface area contributed by atoms with E-state index in [1.807, 2.05) is 12.1 Å². The minimum Gasteiger partial charge on any atom is -0.508 e. The van der Waals surface area contributed by atoms with Crippen LogP contribution in [0.15, 0.2) is 18.2 Å². The summed E-state index contributed by atoms with van der Waals surface area (Å²) in [4.78, 5) is 0. The van der Waals surface area contributed by atoms with Crippen LogP contribution in [0.1, 0.15) is 44.2 Å². The largest absolute Gasteiger partial charge is 0.508 e. The summed E-state index contributed by atoms with van der Waals surface area (Å²) in [6, 6.07) is 5.82. The molecule has 0 aliphatic carbocycles. The lowest BCUT2D eigenvalue weighted by Crippen LogP contribution is -2.13. The molecule has 3 nitrogen and oxygen atoms in total. The van der Waals surface area contributed by atoms with Crippen LogP contribution in [0.4, 0.5) is 0 Å². The lowest BCUT2D eigenvalue weighted by molar-refractivity contribution is 0.308. The van der Waals surface area contributed by atoms with Crippen molar-refractivity contribution in [2.75, 3.05) is 13.2 Å². The van der Waals surface area contributed by atoms with Gasteiger partial charge in [-0.25, -0.2) is 0 Å². The van der Waals surface area contributed by atoms with Crippen LogP contribution < -0.4 is 10.1 Å². The van der Waals surface area contributed by atoms with Gasteiger partial charge in [0.15, 0.2) is 0 Å². The second-order valence-corrected chi connectivity index (χ2v) is 4.57. The molecule has 2 N–H and O–H groups in total. The third-order valence-electron chi connectivity index (χ3n) is 3.20. The van der Waals surface area contributed by atoms with Gasteiger partial charge in [-0.2, -0.15) is 0 Å². The van der Waals surface area contributed by atoms with Gasteiger partial charge < -0.3 is 15.2 Å². The van der Waals surface area contributed by atoms with E-state index < -0.39 is 0 Å². The number of rotatable bonds is 5. The third kappa shape index (κ3) is 3.13. The zero-order chi connectivity index (χ0) is 12.1. The average molecular weight is 235 g/mol. The van der Waals surface area contributed by atoms with E-state index >= 15 is 0 Å². The molecule has 1 saturated heterocycles. The number of aromatic hydroxyl groups is 1. The zero-order valence-electron chi connectivity index (χ0n) is 10.4. The molecule has 1 aromatic carbocycles. The van der Waals surface area contributed by atoms with Crippen LogP contribution in [0.2, 0.25) is 0 Å². The highest BCUT2D eigenvalue weighted by molar-refractivity contribution is 5.41. The highest BCUT2D eigenvalue weighted by Gasteiger charge is 2.19. The minimum atomic E-state index is 0.282. The van der Waals surface area contributed by atoms with Crippen molar-refractivity contribution in [1.82, 2.24) is 5.32 Å². The minimum absolute atomic E-state index is 0.282. The molecule has 3 heteroatoms. The lowest BCUT2D eigenvalue weighted by atomic mass is 10.0. The van der Waals surface area contributed by atoms with Crippen molar-refractivity contribution in [2.45, 2.75) is 38.6 Å². The first kappa shape index (κ1) is 12.2. The van der Waals surface area contributed by atoms with E-state index in [0.717, 1.165) is 43.7 Å². The summed E-state index contributed by atoms with van der Waals surface area (Å²) in [5, 5.41) is 13.3. The number of nitrogens with one attached hydrogen (secondary N) is 1. The van der Waals surface area contributed by atoms with Crippen LogP contribution in [0.3, 0.4) is 0 Å². The van der Waals surface area contributed by atoms with Crippen LogP contribution in [-0.2, 0) is 0 Å². The van der Waals surface area contributed by atoms with Crippen molar-refractivity contribution in [3.63, 3.8) is 0 Å². The van der Waals surface area contributed by atoms with Crippen LogP contribution in [0.25, 0.3) is 0 Å². The fourth-order valence-electron chi connectivity index (χ4n) is 2.19. The molecule has 0 spiro atoms. The lowest BCUT2D eigenvalue weighted by Gasteiger charge is -2.14. The second-order valence-electron chi connectivity index (χ2n) is 4.57. The first-order valence-electron chi connectivity index (χ1n) is 6.50. The van der Waals surface area contributed by atoms with Crippen molar-refractivity contribution >= 4 is 0 Å². The Hall–Kier alpha value is -1.22. The molecular formula is C14H21NO2. The van der Waals surface area contributed by atoms with Crippen molar-refractivity contribution in [2.24, 2.45) is 0 Å². The SMILES string of the molecule is CCCCOc1ccc(O)c([C@@H]2CCCN2)c1. The van der Waals surface area contributed by atoms with Gasteiger partial charge >= 0.3 is 0 Å². The van der Waals surface area contributed by atoms with Gasteiger partial charge in [0.1, 0.15) is 11.5 Å². The molecule has 0 aromatic heterocycles. The molecule has 0 unspecified atom stereocenters. The Morgan fingerprint density at radius 1 is 1.47 bits per heavy atom. The maximum Gasteiger partial charge on any atom is 0.120 e. The van der Waals surface area contributed by atoms with E-state index in [0.29, 0.717) is 5.75 Å². The molecular weight excluding hydrogens is 214 g/mol. The third-order valence-corrected chi connectivity index (χ3v) is 3.20. The molecule has 2 rings (SSSR count). The van der Waals surface area contributed by atoms with Crippen LogP contribution in [0, 0.1) is 0 Å². The van der Waals surface area contributed by atoms with Crippen molar-refractivity contribution < 1.29 is 9.84 Å². The molecule has 1 atom stereocenters. The van der Waals surface area contributed by atoms with Gasteiger partial charge in [0.25, 0.3) is 0 Å². The number of phenols is 1. The molecule has 94 valence electrons. The van der Waals surface area contributed by atoms with Gasteiger partial charge in [0, 0.05) is 11.6 Å². The Kier molecular flexibility index (Phi) is 4.26. The van der Waals surface area contributed by atoms with E-state index in [9.17, 15) is 5.11 Å². The Labute approximate surface area is 103 Å². The number of phenolic OH excluding ortho intramolecular Hbond substituents is 1. The van der Waals surface area contributed by atoms with Gasteiger partial charge in [-0.05, 0) is 44.0 Å². The summed E-state index contributed by atoms with van der Waals surface area (Å²) in [5.41, 5.74) is 0.969. The molecule has 1 aliphatic heterocycles. The monoisotopic (exact) mass is 235 g/mol. The zero-order valence-corrected chi connectivity index (χ0v) is 10.4. The maximum atomic E-state index is 9.87. The highest BCUT2D eigenvalue weighted by Crippen LogP contribution is 2.32. The standard InChI is InChI=1S/C14H21NO2/c1-2-3-9-17-11-6-7-14(16)12(10-11)13-5-4-8-15-13/h6-7,10,13,15-16H,2-5,8-9H2,1H3/t13-/m0/s1. The van der Waals surface area contributed by atoms with Gasteiger partial charge in [0.05, 0.1) is 6.61 Å². The molecule has 1 heterocycles. The Balaban J connectivity index is 2.06. The molecule has 0 radical (unpaired) electrons. The molecule has 0 amide bonds. The van der Waals surface area contributed by atoms with E-state index in [4.69, 9.17) is 4.74 Å². The maximum absolute atomic E-state index is 9.87. The first-order chi connectivity index (χ1) is 8.31. The van der Waals surface area contributed by atoms with Crippen molar-refractivity contribution in [1.29, 1.82) is 0 Å². The highest BCUT2D eigenvalue weighted by atomic mass is 16.5. The Bertz CT molecular complexity index is 359. The first-order valence-corrected chi connectivity index (χ1v) is 6.50. The predicted octanol–water partition coefficient (Wildman–Crippen LogP) is 3.00. The van der Waals surface area contributed by atoms with Crippen LogP contribution in [0.5, 0.6) is 11.5 Å². The normalized spacial score (nSPS) is 19.5. The number of benzene rings is 1. The van der Waals surface area contributed by atoms with Crippen LogP contribution >= 0.6 is 0 Å². The summed E-state index contributed by atoms with van der Waals surface area (Å²) in [6.45, 7) is 3.93. The van der Waals surface area contributed by atoms with E-state index in [1.165, 1.54) is 6.42 Å². The number of hydrogen-bond donors (Lipinski definition) is 2. The summed E-state index contributed by atoms with van der Waals surface area (Å²) < 4.78 is 5.66. The number of unbranched alkanes of at least 4 members (excludes halogenated alkanes) is 1. The van der Waals surface area contributed by atoms with Crippen LogP contribution in [-0.4, -0.2) is 18.3 Å². The smallest absolute Gasteiger partial charge is 0.120 e. The molecule has 0 bridgehead atoms. The van der Waals surface area contributed by atoms with E-state index in [1.54, 1.807) is 6.07 Å². The number of hydrogen-bond acceptors (Lipinski definition) is 3. The van der Waals surface area contributed by atoms with Gasteiger partial charge in [-0.3, -0.25) is 0 Å². The van der Waals surface area contributed by atoms with Crippen molar-refractivity contribution in [3.05, 3.63) is 23.8 Å². The fraction of sp³-hybridized carbons (Fsp3) is 0.571.